The van der Waals surface area contributed by atoms with E-state index in [0.29, 0.717) is 23.6 Å². The number of methoxy groups -OCH3 is 1. The maximum atomic E-state index is 12.5. The molecule has 0 saturated carbocycles. The van der Waals surface area contributed by atoms with E-state index in [9.17, 15) is 4.79 Å². The number of nitrogens with zero attached hydrogens (tertiary/aromatic N) is 4. The highest BCUT2D eigenvalue weighted by molar-refractivity contribution is 5.93. The fourth-order valence-corrected chi connectivity index (χ4v) is 2.75. The summed E-state index contributed by atoms with van der Waals surface area (Å²) >= 11 is 0. The van der Waals surface area contributed by atoms with Crippen LogP contribution < -0.4 is 10.1 Å². The molecule has 0 spiro atoms. The molecule has 0 aliphatic carbocycles. The van der Waals surface area contributed by atoms with E-state index in [1.54, 1.807) is 36.3 Å². The van der Waals surface area contributed by atoms with Crippen LogP contribution in [0.3, 0.4) is 0 Å². The van der Waals surface area contributed by atoms with Crippen molar-refractivity contribution in [1.82, 2.24) is 24.7 Å². The van der Waals surface area contributed by atoms with Gasteiger partial charge in [0.25, 0.3) is 5.91 Å². The van der Waals surface area contributed by atoms with Gasteiger partial charge in [-0.1, -0.05) is 6.07 Å². The molecule has 3 heterocycles. The lowest BCUT2D eigenvalue weighted by Gasteiger charge is -2.04. The van der Waals surface area contributed by atoms with Gasteiger partial charge in [0, 0.05) is 30.4 Å². The molecule has 0 bridgehead atoms. The van der Waals surface area contributed by atoms with E-state index < -0.39 is 0 Å². The van der Waals surface area contributed by atoms with E-state index in [0.717, 1.165) is 17.0 Å². The Balaban J connectivity index is 1.61. The molecule has 4 rings (SSSR count). The Morgan fingerprint density at radius 3 is 2.70 bits per heavy atom. The molecule has 0 fully saturated rings. The predicted octanol–water partition coefficient (Wildman–Crippen LogP) is 2.73. The number of fused-ring (bicyclic) bond motifs is 1. The van der Waals surface area contributed by atoms with Crippen LogP contribution in [0.2, 0.25) is 0 Å². The minimum atomic E-state index is -0.259. The van der Waals surface area contributed by atoms with Crippen LogP contribution in [0.15, 0.2) is 67.3 Å². The summed E-state index contributed by atoms with van der Waals surface area (Å²) in [6.07, 6.45) is 6.84. The molecule has 0 saturated heterocycles. The van der Waals surface area contributed by atoms with Crippen molar-refractivity contribution in [3.63, 3.8) is 0 Å². The van der Waals surface area contributed by atoms with Gasteiger partial charge < -0.3 is 14.5 Å². The lowest BCUT2D eigenvalue weighted by atomic mass is 10.1. The Bertz CT molecular complexity index is 1070. The van der Waals surface area contributed by atoms with Crippen LogP contribution in [0.1, 0.15) is 16.2 Å². The summed E-state index contributed by atoms with van der Waals surface area (Å²) in [5.41, 5.74) is 3.32. The number of imidazole rings is 1. The molecule has 27 heavy (non-hydrogen) atoms. The average Bonchev–Trinajstić information content (AvgIpc) is 3.17. The molecule has 7 nitrogen and oxygen atoms in total. The zero-order valence-electron chi connectivity index (χ0n) is 14.7. The largest absolute Gasteiger partial charge is 0.497 e. The van der Waals surface area contributed by atoms with Crippen molar-refractivity contribution in [2.24, 2.45) is 0 Å². The number of ether oxygens (including phenoxy) is 1. The fraction of sp³-hybridized carbons (Fsp3) is 0.100. The number of benzene rings is 1. The Hall–Kier alpha value is -3.74. The number of aromatic nitrogens is 4. The Labute approximate surface area is 155 Å². The highest BCUT2D eigenvalue weighted by Gasteiger charge is 2.14. The van der Waals surface area contributed by atoms with E-state index in [4.69, 9.17) is 4.74 Å². The van der Waals surface area contributed by atoms with Gasteiger partial charge in [0.15, 0.2) is 5.65 Å². The summed E-state index contributed by atoms with van der Waals surface area (Å²) in [5, 5.41) is 2.84. The van der Waals surface area contributed by atoms with Crippen molar-refractivity contribution in [1.29, 1.82) is 0 Å². The highest BCUT2D eigenvalue weighted by atomic mass is 16.5. The Morgan fingerprint density at radius 1 is 1.11 bits per heavy atom. The molecule has 3 aromatic heterocycles. The van der Waals surface area contributed by atoms with Crippen molar-refractivity contribution in [2.75, 3.05) is 7.11 Å². The molecule has 1 amide bonds. The number of carbonyl (C=O) groups is 1. The van der Waals surface area contributed by atoms with Crippen LogP contribution in [-0.2, 0) is 6.54 Å². The summed E-state index contributed by atoms with van der Waals surface area (Å²) in [4.78, 5) is 25.6. The van der Waals surface area contributed by atoms with Crippen molar-refractivity contribution in [3.05, 3.63) is 78.6 Å². The van der Waals surface area contributed by atoms with Gasteiger partial charge in [-0.05, 0) is 36.4 Å². The van der Waals surface area contributed by atoms with E-state index in [1.165, 1.54) is 0 Å². The number of hydrogen-bond acceptors (Lipinski definition) is 5. The van der Waals surface area contributed by atoms with Crippen LogP contribution in [0, 0.1) is 0 Å². The maximum absolute atomic E-state index is 12.5. The van der Waals surface area contributed by atoms with Gasteiger partial charge in [-0.25, -0.2) is 4.98 Å². The predicted molar refractivity (Wildman–Crippen MR) is 100 cm³/mol. The first-order valence-corrected chi connectivity index (χ1v) is 8.41. The molecule has 1 N–H and O–H groups in total. The van der Waals surface area contributed by atoms with Gasteiger partial charge in [-0.3, -0.25) is 14.8 Å². The molecule has 0 radical (unpaired) electrons. The molecule has 1 aromatic carbocycles. The number of amides is 1. The number of carbonyl (C=O) groups excluding carboxylic acids is 1. The summed E-state index contributed by atoms with van der Waals surface area (Å²) in [7, 11) is 1.62. The highest BCUT2D eigenvalue weighted by Crippen LogP contribution is 2.24. The molecule has 134 valence electrons. The normalized spacial score (nSPS) is 10.7. The first kappa shape index (κ1) is 16.7. The first-order chi connectivity index (χ1) is 13.2. The minimum Gasteiger partial charge on any atom is -0.497 e. The van der Waals surface area contributed by atoms with E-state index in [1.807, 2.05) is 42.5 Å². The second-order valence-corrected chi connectivity index (χ2v) is 5.87. The molecule has 0 aliphatic heterocycles. The third kappa shape index (κ3) is 3.48. The Morgan fingerprint density at radius 2 is 1.96 bits per heavy atom. The van der Waals surface area contributed by atoms with Gasteiger partial charge in [-0.15, -0.1) is 0 Å². The second-order valence-electron chi connectivity index (χ2n) is 5.87. The summed E-state index contributed by atoms with van der Waals surface area (Å²) in [6, 6.07) is 13.1. The van der Waals surface area contributed by atoms with Crippen LogP contribution in [0.5, 0.6) is 5.75 Å². The minimum absolute atomic E-state index is 0.259. The fourth-order valence-electron chi connectivity index (χ4n) is 2.75. The van der Waals surface area contributed by atoms with E-state index >= 15 is 0 Å². The van der Waals surface area contributed by atoms with Crippen LogP contribution >= 0.6 is 0 Å². The number of pyridine rings is 1. The van der Waals surface area contributed by atoms with Crippen molar-refractivity contribution < 1.29 is 9.53 Å². The number of hydrogen-bond donors (Lipinski definition) is 1. The number of rotatable bonds is 5. The quantitative estimate of drug-likeness (QED) is 0.592. The van der Waals surface area contributed by atoms with E-state index in [2.05, 4.69) is 20.3 Å². The van der Waals surface area contributed by atoms with Gasteiger partial charge in [0.2, 0.25) is 0 Å². The van der Waals surface area contributed by atoms with Crippen LogP contribution in [-0.4, -0.2) is 32.4 Å². The molecule has 0 aliphatic rings. The zero-order chi connectivity index (χ0) is 18.6. The molecular formula is C20H17N5O2. The number of nitrogens with one attached hydrogen (secondary N) is 1. The smallest absolute Gasteiger partial charge is 0.271 e. The van der Waals surface area contributed by atoms with Gasteiger partial charge >= 0.3 is 0 Å². The van der Waals surface area contributed by atoms with Gasteiger partial charge in [-0.2, -0.15) is 0 Å². The molecule has 0 unspecified atom stereocenters. The van der Waals surface area contributed by atoms with Gasteiger partial charge in [0.05, 0.1) is 19.3 Å². The SMILES string of the molecule is COc1ccc(-c2nccn3cc(C(=O)NCc4ccccn4)nc23)cc1. The summed E-state index contributed by atoms with van der Waals surface area (Å²) in [5.74, 6) is 0.508. The second kappa shape index (κ2) is 7.25. The first-order valence-electron chi connectivity index (χ1n) is 8.41. The lowest BCUT2D eigenvalue weighted by Crippen LogP contribution is -2.23. The Kier molecular flexibility index (Phi) is 4.49. The summed E-state index contributed by atoms with van der Waals surface area (Å²) in [6.45, 7) is 0.344. The average molecular weight is 359 g/mol. The third-order valence-electron chi connectivity index (χ3n) is 4.13. The summed E-state index contributed by atoms with van der Waals surface area (Å²) < 4.78 is 6.99. The topological polar surface area (TPSA) is 81.4 Å². The molecule has 4 aromatic rings. The third-order valence-corrected chi connectivity index (χ3v) is 4.13. The lowest BCUT2D eigenvalue weighted by molar-refractivity contribution is 0.0946. The van der Waals surface area contributed by atoms with Crippen LogP contribution in [0.25, 0.3) is 16.9 Å². The van der Waals surface area contributed by atoms with Crippen molar-refractivity contribution in [2.45, 2.75) is 6.54 Å². The monoisotopic (exact) mass is 359 g/mol. The molecule has 7 heteroatoms. The van der Waals surface area contributed by atoms with Crippen molar-refractivity contribution in [3.8, 4) is 17.0 Å². The molecular weight excluding hydrogens is 342 g/mol. The zero-order valence-corrected chi connectivity index (χ0v) is 14.7. The maximum Gasteiger partial charge on any atom is 0.271 e. The van der Waals surface area contributed by atoms with Crippen LogP contribution in [0.4, 0.5) is 0 Å². The van der Waals surface area contributed by atoms with E-state index in [-0.39, 0.29) is 5.91 Å². The standard InChI is InChI=1S/C20H17N5O2/c1-27-16-7-5-14(6-8-16)18-19-24-17(13-25(19)11-10-22-18)20(26)23-12-15-4-2-3-9-21-15/h2-11,13H,12H2,1H3,(H,23,26). The molecule has 0 atom stereocenters. The van der Waals surface area contributed by atoms with Crippen molar-refractivity contribution >= 4 is 11.6 Å². The van der Waals surface area contributed by atoms with Gasteiger partial charge in [0.1, 0.15) is 17.1 Å².